The molecule has 12 aromatic heterocycles. The monoisotopic (exact) mass is 1770 g/mol. The van der Waals surface area contributed by atoms with Crippen molar-refractivity contribution in [1.29, 1.82) is 0 Å². The van der Waals surface area contributed by atoms with Crippen LogP contribution in [0.5, 0.6) is 0 Å². The number of rotatable bonds is 14. The van der Waals surface area contributed by atoms with Gasteiger partial charge in [-0.15, -0.1) is 0 Å². The Morgan fingerprint density at radius 1 is 0.403 bits per heavy atom. The van der Waals surface area contributed by atoms with Gasteiger partial charge in [-0.1, -0.05) is 51.8 Å². The standard InChI is InChI=1S/C15H15FN6.C14H11F2N5.C13H26B2O4.C11H14BF2NO2.C9H9BrN4.C9H12BrN.C5H3F2N.C4H7N3/c1-22-15(3-5-19-22)21-14-8-10(2-4-18-14)11-6-12(9-17)20-13(16)7-11;1-21-14(3-5-18-21)20-13-8-9(2-4-17-13)10-6-11(15)19-12(16)7-10;1-10(2)11(3,4)17-14(16-10)9-15-18-12(5,6)13(7,8)19-15;1-10(2)11(3,4)17-12(16-10)7-5-8(13)15-9(14)6-7;1-14-9(3-5-12-14)13-8-6-7(10)2-4-11-8;1-3-7(2)9-6-8(10)4-5-11-9;6-4-2-1-3-5(7)8-4;1-7-4(5)2-3-6-7/h2-8H,9,17H2,1H3,(H,18,21);2-8H,1H3,(H,17,20);9H2,1-8H3;5-6H,1-4H3;2-6H,1H3,(H,11,13);4-7H,3H2,1-2H3;1-3H;2-3H,5H2,1H3. The molecule has 0 bridgehead atoms. The van der Waals surface area contributed by atoms with E-state index in [-0.39, 0.29) is 43.2 Å². The van der Waals surface area contributed by atoms with E-state index in [0.29, 0.717) is 57.4 Å². The summed E-state index contributed by atoms with van der Waals surface area (Å²) in [5.41, 5.74) is 13.1. The number of halogens is 9. The summed E-state index contributed by atoms with van der Waals surface area (Å²) in [5, 5.41) is 25.4. The summed E-state index contributed by atoms with van der Waals surface area (Å²) >= 11 is 6.80. The highest BCUT2D eigenvalue weighted by atomic mass is 79.9. The Kier molecular flexibility index (Phi) is 32.9. The summed E-state index contributed by atoms with van der Waals surface area (Å²) < 4.78 is 134. The van der Waals surface area contributed by atoms with Crippen LogP contribution in [-0.4, -0.2) is 134 Å². The van der Waals surface area contributed by atoms with E-state index in [1.165, 1.54) is 30.0 Å². The van der Waals surface area contributed by atoms with Crippen molar-refractivity contribution in [2.45, 2.75) is 156 Å². The lowest BCUT2D eigenvalue weighted by Crippen LogP contribution is -2.41. The molecule has 27 nitrogen and oxygen atoms in total. The molecule has 15 rings (SSSR count). The molecule has 3 aliphatic rings. The maximum Gasteiger partial charge on any atom is 0.495 e. The lowest BCUT2D eigenvalue weighted by Gasteiger charge is -2.32. The third-order valence-electron chi connectivity index (χ3n) is 19.7. The Bertz CT molecular complexity index is 5130. The van der Waals surface area contributed by atoms with Crippen LogP contribution in [0.1, 0.15) is 121 Å². The van der Waals surface area contributed by atoms with Crippen molar-refractivity contribution >= 4 is 99.4 Å². The Labute approximate surface area is 705 Å². The molecule has 119 heavy (non-hydrogen) atoms. The average Bonchev–Trinajstić information content (AvgIpc) is 1.64. The highest BCUT2D eigenvalue weighted by Crippen LogP contribution is 2.43. The first kappa shape index (κ1) is 94.1. The molecule has 0 spiro atoms. The van der Waals surface area contributed by atoms with E-state index in [2.05, 4.69) is 183 Å². The Hall–Kier alpha value is -10.4. The smallest absolute Gasteiger partial charge is 0.404 e. The van der Waals surface area contributed by atoms with E-state index in [1.54, 1.807) is 107 Å². The molecule has 0 aliphatic carbocycles. The molecule has 3 saturated heterocycles. The molecule has 3 aliphatic heterocycles. The zero-order chi connectivity index (χ0) is 87.4. The molecule has 3 fully saturated rings. The van der Waals surface area contributed by atoms with Crippen LogP contribution in [0, 0.1) is 41.6 Å². The molecule has 0 radical (unpaired) electrons. The summed E-state index contributed by atoms with van der Waals surface area (Å²) in [7, 11) is 5.97. The van der Waals surface area contributed by atoms with E-state index in [1.807, 2.05) is 90.5 Å². The normalized spacial score (nSPS) is 15.5. The minimum atomic E-state index is -0.880. The van der Waals surface area contributed by atoms with Crippen molar-refractivity contribution in [3.05, 3.63) is 239 Å². The first-order chi connectivity index (χ1) is 55.9. The number of aromatic nitrogens is 16. The minimum Gasteiger partial charge on any atom is -0.404 e. The number of pyridine rings is 8. The topological polar surface area (TPSA) is 318 Å². The molecule has 1 atom stereocenters. The molecule has 39 heteroatoms. The van der Waals surface area contributed by atoms with Gasteiger partial charge in [-0.2, -0.15) is 66.1 Å². The number of nitrogens with zero attached hydrogens (tertiary/aromatic N) is 16. The maximum atomic E-state index is 13.5. The van der Waals surface area contributed by atoms with Crippen molar-refractivity contribution < 1.29 is 58.7 Å². The van der Waals surface area contributed by atoms with E-state index >= 15 is 0 Å². The van der Waals surface area contributed by atoms with Crippen molar-refractivity contribution in [2.24, 2.45) is 33.9 Å². The van der Waals surface area contributed by atoms with E-state index in [4.69, 9.17) is 39.4 Å². The first-order valence-electron chi connectivity index (χ1n) is 37.5. The van der Waals surface area contributed by atoms with Gasteiger partial charge in [0.25, 0.3) is 0 Å². The molecule has 0 amide bonds. The Balaban J connectivity index is 0.000000173. The van der Waals surface area contributed by atoms with Crippen LogP contribution in [0.4, 0.5) is 71.5 Å². The van der Waals surface area contributed by atoms with E-state index in [0.717, 1.165) is 68.5 Å². The van der Waals surface area contributed by atoms with E-state index < -0.39 is 60.0 Å². The molecular formula is C80H97B3Br2F7N21O6. The summed E-state index contributed by atoms with van der Waals surface area (Å²) in [5.74, 6) is 0.133. The van der Waals surface area contributed by atoms with Crippen molar-refractivity contribution in [1.82, 2.24) is 79.0 Å². The fraction of sp³-hybridized carbons (Fsp3) is 0.350. The molecule has 7 N–H and O–H groups in total. The molecule has 15 heterocycles. The zero-order valence-corrected chi connectivity index (χ0v) is 72.5. The largest absolute Gasteiger partial charge is 0.495 e. The van der Waals surface area contributed by atoms with Crippen LogP contribution < -0.4 is 32.9 Å². The summed E-state index contributed by atoms with van der Waals surface area (Å²) in [6.45, 7) is 28.5. The van der Waals surface area contributed by atoms with Gasteiger partial charge in [-0.3, -0.25) is 23.7 Å². The van der Waals surface area contributed by atoms with Crippen molar-refractivity contribution in [3.63, 3.8) is 0 Å². The number of aryl methyl sites for hydroxylation is 4. The number of hydrogen-bond acceptors (Lipinski definition) is 23. The van der Waals surface area contributed by atoms with Crippen molar-refractivity contribution in [3.8, 4) is 22.3 Å². The third-order valence-corrected chi connectivity index (χ3v) is 20.6. The van der Waals surface area contributed by atoms with Gasteiger partial charge in [0, 0.05) is 117 Å². The number of nitrogens with one attached hydrogen (secondary N) is 3. The van der Waals surface area contributed by atoms with E-state index in [9.17, 15) is 30.7 Å². The van der Waals surface area contributed by atoms with Crippen LogP contribution in [0.2, 0.25) is 6.22 Å². The SMILES string of the molecule is CC1(C)OB(CB2OC(C)(C)C(C)(C)O2)OC1(C)C.CC1(C)OB(c2cc(F)nc(F)c2)OC1(C)C.CCC(C)c1cc(Br)ccn1.Cn1nccc1N.Cn1nccc1Nc1cc(-c2cc(F)nc(CN)c2)ccn1.Cn1nccc1Nc1cc(-c2cc(F)nc(F)c2)ccn1.Cn1nccc1Nc1cc(Br)ccn1.Fc1cccc(F)n1. The van der Waals surface area contributed by atoms with Crippen LogP contribution in [-0.2, 0) is 62.7 Å². The van der Waals surface area contributed by atoms with Gasteiger partial charge in [-0.05, 0) is 208 Å². The summed E-state index contributed by atoms with van der Waals surface area (Å²) in [6.07, 6.45) is 15.3. The zero-order valence-electron chi connectivity index (χ0n) is 69.3. The number of hydrogen-bond donors (Lipinski definition) is 5. The summed E-state index contributed by atoms with van der Waals surface area (Å²) in [4.78, 5) is 29.6. The molecule has 12 aromatic rings. The summed E-state index contributed by atoms with van der Waals surface area (Å²) in [6, 6.07) is 33.3. The molecule has 1 unspecified atom stereocenters. The predicted molar refractivity (Wildman–Crippen MR) is 453 cm³/mol. The second kappa shape index (κ2) is 41.5. The van der Waals surface area contributed by atoms with Crippen LogP contribution in [0.15, 0.2) is 186 Å². The third kappa shape index (κ3) is 27.6. The van der Waals surface area contributed by atoms with Gasteiger partial charge >= 0.3 is 21.4 Å². The lowest BCUT2D eigenvalue weighted by atomic mass is 9.64. The van der Waals surface area contributed by atoms with Gasteiger partial charge in [-0.25, -0.2) is 19.9 Å². The Morgan fingerprint density at radius 3 is 1.10 bits per heavy atom. The average molecular weight is 1770 g/mol. The van der Waals surface area contributed by atoms with Crippen LogP contribution in [0.3, 0.4) is 0 Å². The quantitative estimate of drug-likeness (QED) is 0.0384. The molecule has 630 valence electrons. The fourth-order valence-corrected chi connectivity index (χ4v) is 11.4. The second-order valence-electron chi connectivity index (χ2n) is 30.1. The maximum absolute atomic E-state index is 13.5. The highest BCUT2D eigenvalue weighted by molar-refractivity contribution is 9.10. The highest BCUT2D eigenvalue weighted by Gasteiger charge is 2.57. The number of nitrogen functional groups attached to an aromatic ring is 1. The lowest BCUT2D eigenvalue weighted by molar-refractivity contribution is 0.00578. The number of nitrogens with two attached hydrogens (primary N) is 2. The number of anilines is 7. The molecule has 0 saturated carbocycles. The van der Waals surface area contributed by atoms with Crippen LogP contribution >= 0.6 is 31.9 Å². The first-order valence-corrected chi connectivity index (χ1v) is 39.0. The Morgan fingerprint density at radius 2 is 0.756 bits per heavy atom. The van der Waals surface area contributed by atoms with Crippen molar-refractivity contribution in [2.75, 3.05) is 21.7 Å². The van der Waals surface area contributed by atoms with Gasteiger partial charge in [0.2, 0.25) is 41.6 Å². The molecular weight excluding hydrogens is 1680 g/mol. The predicted octanol–water partition coefficient (Wildman–Crippen LogP) is 16.5. The second-order valence-corrected chi connectivity index (χ2v) is 31.9. The van der Waals surface area contributed by atoms with Gasteiger partial charge in [0.05, 0.1) is 64.1 Å². The fourth-order valence-electron chi connectivity index (χ4n) is 10.7. The van der Waals surface area contributed by atoms with Gasteiger partial charge < -0.3 is 55.3 Å². The molecule has 0 aromatic carbocycles. The minimum absolute atomic E-state index is 0.190. The van der Waals surface area contributed by atoms with Crippen LogP contribution in [0.25, 0.3) is 22.3 Å². The van der Waals surface area contributed by atoms with Gasteiger partial charge in [0.1, 0.15) is 40.7 Å². The van der Waals surface area contributed by atoms with Gasteiger partial charge in [0.15, 0.2) is 0 Å².